The molecule has 35 heavy (non-hydrogen) atoms. The summed E-state index contributed by atoms with van der Waals surface area (Å²) in [5, 5.41) is 0.978. The molecule has 0 saturated heterocycles. The summed E-state index contributed by atoms with van der Waals surface area (Å²) in [5.74, 6) is 0.0523. The molecule has 0 aliphatic carbocycles. The fourth-order valence-electron chi connectivity index (χ4n) is 4.57. The number of fused-ring (bicyclic) bond motifs is 3. The van der Waals surface area contributed by atoms with E-state index in [0.29, 0.717) is 33.7 Å². The number of carbonyl (C=O) groups excluding carboxylic acids is 2. The molecule has 5 heteroatoms. The number of aromatic nitrogens is 1. The zero-order chi connectivity index (χ0) is 24.5. The van der Waals surface area contributed by atoms with Crippen molar-refractivity contribution < 1.29 is 19.1 Å². The molecule has 0 radical (unpaired) electrons. The zero-order valence-electron chi connectivity index (χ0n) is 19.9. The predicted octanol–water partition coefficient (Wildman–Crippen LogP) is 6.48. The van der Waals surface area contributed by atoms with Crippen LogP contribution in [0.3, 0.4) is 0 Å². The van der Waals surface area contributed by atoms with E-state index in [2.05, 4.69) is 6.07 Å². The fraction of sp³-hybridized carbons (Fsp3) is 0.133. The summed E-state index contributed by atoms with van der Waals surface area (Å²) < 4.78 is 12.7. The van der Waals surface area contributed by atoms with E-state index in [1.807, 2.05) is 78.1 Å². The van der Waals surface area contributed by atoms with E-state index in [9.17, 15) is 9.59 Å². The highest BCUT2D eigenvalue weighted by Gasteiger charge is 2.30. The lowest BCUT2D eigenvalue weighted by Gasteiger charge is -2.10. The molecule has 0 aliphatic heterocycles. The number of methoxy groups -OCH3 is 1. The van der Waals surface area contributed by atoms with Crippen LogP contribution >= 0.6 is 0 Å². The van der Waals surface area contributed by atoms with E-state index >= 15 is 0 Å². The molecular formula is C30H25NO4. The van der Waals surface area contributed by atoms with Crippen LogP contribution < -0.4 is 4.74 Å². The van der Waals surface area contributed by atoms with Gasteiger partial charge in [0.15, 0.2) is 0 Å². The maximum Gasteiger partial charge on any atom is 0.340 e. The molecule has 2 aromatic heterocycles. The lowest BCUT2D eigenvalue weighted by Crippen LogP contribution is -2.08. The minimum Gasteiger partial charge on any atom is -0.497 e. The zero-order valence-corrected chi connectivity index (χ0v) is 19.9. The third kappa shape index (κ3) is 3.85. The Bertz CT molecular complexity index is 1560. The number of esters is 1. The van der Waals surface area contributed by atoms with Gasteiger partial charge in [-0.25, -0.2) is 4.79 Å². The van der Waals surface area contributed by atoms with Crippen LogP contribution in [0, 0.1) is 6.92 Å². The minimum absolute atomic E-state index is 0.171. The Morgan fingerprint density at radius 2 is 1.57 bits per heavy atom. The molecule has 0 N–H and O–H groups in total. The Morgan fingerprint density at radius 1 is 0.857 bits per heavy atom. The van der Waals surface area contributed by atoms with Gasteiger partial charge in [0.1, 0.15) is 11.4 Å². The molecule has 0 fully saturated rings. The highest BCUT2D eigenvalue weighted by molar-refractivity contribution is 6.19. The molecule has 3 aromatic carbocycles. The van der Waals surface area contributed by atoms with Crippen molar-refractivity contribution in [1.82, 2.24) is 4.40 Å². The average Bonchev–Trinajstić information content (AvgIpc) is 3.24. The van der Waals surface area contributed by atoms with Crippen molar-refractivity contribution in [2.75, 3.05) is 13.7 Å². The van der Waals surface area contributed by atoms with E-state index in [1.54, 1.807) is 26.2 Å². The fourth-order valence-corrected chi connectivity index (χ4v) is 4.57. The quantitative estimate of drug-likeness (QED) is 0.213. The van der Waals surface area contributed by atoms with E-state index in [0.717, 1.165) is 22.0 Å². The van der Waals surface area contributed by atoms with Crippen LogP contribution in [0.1, 0.15) is 38.9 Å². The molecule has 5 aromatic rings. The molecule has 0 amide bonds. The van der Waals surface area contributed by atoms with Crippen LogP contribution in [-0.2, 0) is 4.74 Å². The summed E-state index contributed by atoms with van der Waals surface area (Å²) in [5.41, 5.74) is 5.21. The average molecular weight is 464 g/mol. The number of benzene rings is 3. The largest absolute Gasteiger partial charge is 0.497 e. The van der Waals surface area contributed by atoms with Crippen LogP contribution in [0.4, 0.5) is 0 Å². The van der Waals surface area contributed by atoms with Crippen molar-refractivity contribution in [2.24, 2.45) is 0 Å². The van der Waals surface area contributed by atoms with Crippen molar-refractivity contribution in [3.63, 3.8) is 0 Å². The van der Waals surface area contributed by atoms with Gasteiger partial charge in [0.2, 0.25) is 5.78 Å². The van der Waals surface area contributed by atoms with E-state index in [-0.39, 0.29) is 12.4 Å². The van der Waals surface area contributed by atoms with Crippen LogP contribution in [0.15, 0.2) is 84.9 Å². The Hall–Kier alpha value is -4.38. The summed E-state index contributed by atoms with van der Waals surface area (Å²) in [6.07, 6.45) is 0. The number of ketones is 1. The SMILES string of the molecule is CCOC(=O)c1c(-c2ccc(OC)cc2)c(C(=O)c2ccccc2)n2c1ccc1cc(C)ccc12. The first-order chi connectivity index (χ1) is 17.0. The van der Waals surface area contributed by atoms with Crippen molar-refractivity contribution in [2.45, 2.75) is 13.8 Å². The Kier molecular flexibility index (Phi) is 5.83. The number of carbonyl (C=O) groups is 2. The minimum atomic E-state index is -0.464. The van der Waals surface area contributed by atoms with E-state index in [1.165, 1.54) is 0 Å². The maximum atomic E-state index is 14.1. The van der Waals surface area contributed by atoms with Gasteiger partial charge in [0.05, 0.1) is 30.3 Å². The molecule has 0 atom stereocenters. The van der Waals surface area contributed by atoms with Crippen LogP contribution in [0.5, 0.6) is 5.75 Å². The summed E-state index contributed by atoms with van der Waals surface area (Å²) >= 11 is 0. The van der Waals surface area contributed by atoms with Crippen molar-refractivity contribution in [3.05, 3.63) is 107 Å². The van der Waals surface area contributed by atoms with Gasteiger partial charge in [-0.05, 0) is 55.1 Å². The number of hydrogen-bond donors (Lipinski definition) is 0. The molecule has 174 valence electrons. The smallest absolute Gasteiger partial charge is 0.340 e. The first kappa shape index (κ1) is 22.4. The Balaban J connectivity index is 1.95. The van der Waals surface area contributed by atoms with Crippen molar-refractivity contribution in [3.8, 4) is 16.9 Å². The maximum absolute atomic E-state index is 14.1. The third-order valence-corrected chi connectivity index (χ3v) is 6.16. The van der Waals surface area contributed by atoms with Crippen molar-refractivity contribution >= 4 is 28.2 Å². The number of rotatable bonds is 6. The van der Waals surface area contributed by atoms with Gasteiger partial charge < -0.3 is 13.9 Å². The number of nitrogens with zero attached hydrogens (tertiary/aromatic N) is 1. The molecule has 0 spiro atoms. The standard InChI is InChI=1S/C30H25NO4/c1-4-35-30(33)27-25-17-13-22-18-19(2)10-16-24(22)31(25)28(29(32)21-8-6-5-7-9-21)26(27)20-11-14-23(34-3)15-12-20/h5-18H,4H2,1-3H3. The van der Waals surface area contributed by atoms with E-state index < -0.39 is 5.97 Å². The van der Waals surface area contributed by atoms with Crippen LogP contribution in [0.25, 0.3) is 27.5 Å². The lowest BCUT2D eigenvalue weighted by atomic mass is 9.96. The van der Waals surface area contributed by atoms with Gasteiger partial charge in [-0.3, -0.25) is 4.79 Å². The topological polar surface area (TPSA) is 57.0 Å². The third-order valence-electron chi connectivity index (χ3n) is 6.16. The monoisotopic (exact) mass is 463 g/mol. The number of ether oxygens (including phenoxy) is 2. The molecule has 0 unspecified atom stereocenters. The first-order valence-electron chi connectivity index (χ1n) is 11.5. The molecule has 0 aliphatic rings. The number of aryl methyl sites for hydroxylation is 1. The predicted molar refractivity (Wildman–Crippen MR) is 137 cm³/mol. The van der Waals surface area contributed by atoms with Crippen LogP contribution in [-0.4, -0.2) is 29.9 Å². The first-order valence-corrected chi connectivity index (χ1v) is 11.5. The molecule has 5 nitrogen and oxygen atoms in total. The van der Waals surface area contributed by atoms with Crippen LogP contribution in [0.2, 0.25) is 0 Å². The van der Waals surface area contributed by atoms with Gasteiger partial charge >= 0.3 is 5.97 Å². The number of hydrogen-bond acceptors (Lipinski definition) is 4. The second-order valence-corrected chi connectivity index (χ2v) is 8.36. The summed E-state index contributed by atoms with van der Waals surface area (Å²) in [6.45, 7) is 4.03. The summed E-state index contributed by atoms with van der Waals surface area (Å²) in [6, 6.07) is 26.5. The van der Waals surface area contributed by atoms with Gasteiger partial charge in [0, 0.05) is 11.1 Å². The molecule has 0 bridgehead atoms. The molecule has 2 heterocycles. The molecular weight excluding hydrogens is 438 g/mol. The molecule has 0 saturated carbocycles. The second kappa shape index (κ2) is 9.11. The van der Waals surface area contributed by atoms with Gasteiger partial charge in [-0.1, -0.05) is 60.2 Å². The summed E-state index contributed by atoms with van der Waals surface area (Å²) in [7, 11) is 1.60. The number of pyridine rings is 1. The van der Waals surface area contributed by atoms with Gasteiger partial charge in [-0.2, -0.15) is 0 Å². The van der Waals surface area contributed by atoms with Gasteiger partial charge in [0.25, 0.3) is 0 Å². The summed E-state index contributed by atoms with van der Waals surface area (Å²) in [4.78, 5) is 27.5. The van der Waals surface area contributed by atoms with Gasteiger partial charge in [-0.15, -0.1) is 0 Å². The Labute approximate surface area is 203 Å². The normalized spacial score (nSPS) is 11.1. The Morgan fingerprint density at radius 3 is 2.26 bits per heavy atom. The molecule has 5 rings (SSSR count). The highest BCUT2D eigenvalue weighted by atomic mass is 16.5. The second-order valence-electron chi connectivity index (χ2n) is 8.36. The van der Waals surface area contributed by atoms with Crippen molar-refractivity contribution in [1.29, 1.82) is 0 Å². The van der Waals surface area contributed by atoms with E-state index in [4.69, 9.17) is 9.47 Å². The lowest BCUT2D eigenvalue weighted by molar-refractivity contribution is 0.0529. The highest BCUT2D eigenvalue weighted by Crippen LogP contribution is 2.38.